The number of aromatic amines is 1. The van der Waals surface area contributed by atoms with Gasteiger partial charge in [-0.25, -0.2) is 0 Å². The van der Waals surface area contributed by atoms with E-state index < -0.39 is 0 Å². The number of nitrogens with two attached hydrogens (primary N) is 1. The number of rotatable bonds is 3. The number of aromatic nitrogens is 2. The Hall–Kier alpha value is -1.36. The lowest BCUT2D eigenvalue weighted by Crippen LogP contribution is -2.22. The summed E-state index contributed by atoms with van der Waals surface area (Å²) in [5, 5.41) is 9.09. The highest BCUT2D eigenvalue weighted by Gasteiger charge is 2.04. The monoisotopic (exact) mass is 168 g/mol. The number of anilines is 1. The van der Waals surface area contributed by atoms with Crippen LogP contribution in [0.25, 0.3) is 0 Å². The molecule has 0 saturated carbocycles. The number of carbonyl (C=O) groups excluding carboxylic acids is 1. The minimum atomic E-state index is -0.214. The molecule has 66 valence electrons. The fraction of sp³-hybridized carbons (Fsp3) is 0.429. The van der Waals surface area contributed by atoms with Crippen LogP contribution >= 0.6 is 0 Å². The summed E-state index contributed by atoms with van der Waals surface area (Å²) in [6.07, 6.45) is 2.52. The van der Waals surface area contributed by atoms with Gasteiger partial charge in [0.15, 0.2) is 0 Å². The molecule has 0 atom stereocenters. The van der Waals surface area contributed by atoms with Gasteiger partial charge >= 0.3 is 0 Å². The van der Waals surface area contributed by atoms with Crippen LogP contribution < -0.4 is 11.1 Å². The first-order valence-electron chi connectivity index (χ1n) is 3.80. The molecule has 1 heterocycles. The molecule has 1 rings (SSSR count). The van der Waals surface area contributed by atoms with E-state index in [-0.39, 0.29) is 12.5 Å². The Morgan fingerprint density at radius 3 is 3.17 bits per heavy atom. The maximum absolute atomic E-state index is 10.9. The van der Waals surface area contributed by atoms with Crippen molar-refractivity contribution in [2.24, 2.45) is 5.73 Å². The first kappa shape index (κ1) is 8.73. The number of amides is 1. The second-order valence-electron chi connectivity index (χ2n) is 2.38. The Morgan fingerprint density at radius 2 is 2.58 bits per heavy atom. The summed E-state index contributed by atoms with van der Waals surface area (Å²) in [6, 6.07) is 0. The Labute approximate surface area is 70.3 Å². The maximum Gasteiger partial charge on any atom is 0.239 e. The predicted octanol–water partition coefficient (Wildman–Crippen LogP) is -0.131. The fourth-order valence-electron chi connectivity index (χ4n) is 0.878. The van der Waals surface area contributed by atoms with Gasteiger partial charge in [-0.15, -0.1) is 0 Å². The summed E-state index contributed by atoms with van der Waals surface area (Å²) >= 11 is 0. The van der Waals surface area contributed by atoms with Crippen LogP contribution in [0.15, 0.2) is 6.20 Å². The SMILES string of the molecule is CCc1cn[nH]c1NC(=O)CN. The van der Waals surface area contributed by atoms with Crippen LogP contribution in [0.5, 0.6) is 0 Å². The fourth-order valence-corrected chi connectivity index (χ4v) is 0.878. The number of hydrogen-bond donors (Lipinski definition) is 3. The highest BCUT2D eigenvalue weighted by molar-refractivity contribution is 5.91. The molecule has 0 aliphatic carbocycles. The van der Waals surface area contributed by atoms with Gasteiger partial charge < -0.3 is 11.1 Å². The van der Waals surface area contributed by atoms with Crippen LogP contribution in [0, 0.1) is 0 Å². The number of hydrogen-bond acceptors (Lipinski definition) is 3. The lowest BCUT2D eigenvalue weighted by Gasteiger charge is -2.01. The van der Waals surface area contributed by atoms with E-state index in [0.717, 1.165) is 12.0 Å². The number of nitrogens with zero attached hydrogens (tertiary/aromatic N) is 1. The van der Waals surface area contributed by atoms with E-state index in [9.17, 15) is 4.79 Å². The van der Waals surface area contributed by atoms with Gasteiger partial charge in [0, 0.05) is 5.56 Å². The molecule has 0 saturated heterocycles. The van der Waals surface area contributed by atoms with Crippen molar-refractivity contribution < 1.29 is 4.79 Å². The van der Waals surface area contributed by atoms with Crippen LogP contribution in [-0.4, -0.2) is 22.6 Å². The summed E-state index contributed by atoms with van der Waals surface area (Å²) in [7, 11) is 0. The Balaban J connectivity index is 2.68. The van der Waals surface area contributed by atoms with Gasteiger partial charge in [0.2, 0.25) is 5.91 Å². The summed E-state index contributed by atoms with van der Waals surface area (Å²) in [4.78, 5) is 10.9. The molecular formula is C7H12N4O. The summed E-state index contributed by atoms with van der Waals surface area (Å²) in [6.45, 7) is 1.98. The van der Waals surface area contributed by atoms with Crippen molar-refractivity contribution in [3.05, 3.63) is 11.8 Å². The highest BCUT2D eigenvalue weighted by atomic mass is 16.1. The van der Waals surface area contributed by atoms with E-state index in [1.54, 1.807) is 6.20 Å². The topological polar surface area (TPSA) is 83.8 Å². The molecule has 0 bridgehead atoms. The number of carbonyl (C=O) groups is 1. The molecule has 5 heteroatoms. The van der Waals surface area contributed by atoms with Gasteiger partial charge in [-0.05, 0) is 6.42 Å². The zero-order valence-electron chi connectivity index (χ0n) is 6.92. The second-order valence-corrected chi connectivity index (χ2v) is 2.38. The molecule has 0 radical (unpaired) electrons. The van der Waals surface area contributed by atoms with Crippen LogP contribution in [-0.2, 0) is 11.2 Å². The Bertz CT molecular complexity index is 268. The van der Waals surface area contributed by atoms with Gasteiger partial charge in [0.05, 0.1) is 12.7 Å². The van der Waals surface area contributed by atoms with Gasteiger partial charge in [0.1, 0.15) is 5.82 Å². The van der Waals surface area contributed by atoms with Crippen molar-refractivity contribution in [1.82, 2.24) is 10.2 Å². The van der Waals surface area contributed by atoms with Crippen LogP contribution in [0.2, 0.25) is 0 Å². The lowest BCUT2D eigenvalue weighted by atomic mass is 10.2. The average molecular weight is 168 g/mol. The maximum atomic E-state index is 10.9. The predicted molar refractivity (Wildman–Crippen MR) is 45.6 cm³/mol. The van der Waals surface area contributed by atoms with Crippen LogP contribution in [0.1, 0.15) is 12.5 Å². The van der Waals surface area contributed by atoms with Crippen molar-refractivity contribution in [1.29, 1.82) is 0 Å². The van der Waals surface area contributed by atoms with Crippen molar-refractivity contribution in [2.75, 3.05) is 11.9 Å². The molecule has 0 spiro atoms. The molecule has 0 unspecified atom stereocenters. The Kier molecular flexibility index (Phi) is 2.82. The van der Waals surface area contributed by atoms with Crippen LogP contribution in [0.3, 0.4) is 0 Å². The quantitative estimate of drug-likeness (QED) is 0.587. The molecule has 0 aromatic carbocycles. The molecule has 1 aromatic rings. The molecule has 1 aromatic heterocycles. The average Bonchev–Trinajstić information content (AvgIpc) is 2.51. The second kappa shape index (κ2) is 3.87. The molecule has 1 amide bonds. The summed E-state index contributed by atoms with van der Waals surface area (Å²) in [5.74, 6) is 0.432. The summed E-state index contributed by atoms with van der Waals surface area (Å²) < 4.78 is 0. The summed E-state index contributed by atoms with van der Waals surface area (Å²) in [5.41, 5.74) is 6.12. The molecular weight excluding hydrogens is 156 g/mol. The van der Waals surface area contributed by atoms with E-state index in [1.165, 1.54) is 0 Å². The first-order chi connectivity index (χ1) is 5.77. The molecule has 0 aliphatic rings. The Morgan fingerprint density at radius 1 is 1.83 bits per heavy atom. The standard InChI is InChI=1S/C7H12N4O/c1-2-5-4-9-11-7(5)10-6(12)3-8/h4H,2-3,8H2,1H3,(H2,9,10,11,12). The van der Waals surface area contributed by atoms with Crippen molar-refractivity contribution in [2.45, 2.75) is 13.3 Å². The van der Waals surface area contributed by atoms with E-state index in [0.29, 0.717) is 5.82 Å². The van der Waals surface area contributed by atoms with E-state index in [2.05, 4.69) is 15.5 Å². The molecule has 0 fully saturated rings. The number of nitrogens with one attached hydrogen (secondary N) is 2. The smallest absolute Gasteiger partial charge is 0.239 e. The minimum absolute atomic E-state index is 0.0117. The third-order valence-corrected chi connectivity index (χ3v) is 1.55. The van der Waals surface area contributed by atoms with Gasteiger partial charge in [0.25, 0.3) is 0 Å². The number of aryl methyl sites for hydroxylation is 1. The first-order valence-corrected chi connectivity index (χ1v) is 3.80. The molecule has 5 nitrogen and oxygen atoms in total. The minimum Gasteiger partial charge on any atom is -0.322 e. The molecule has 12 heavy (non-hydrogen) atoms. The largest absolute Gasteiger partial charge is 0.322 e. The van der Waals surface area contributed by atoms with Gasteiger partial charge in [-0.2, -0.15) is 5.10 Å². The van der Waals surface area contributed by atoms with Crippen LogP contribution in [0.4, 0.5) is 5.82 Å². The third-order valence-electron chi connectivity index (χ3n) is 1.55. The van der Waals surface area contributed by atoms with Crippen molar-refractivity contribution >= 4 is 11.7 Å². The number of H-pyrrole nitrogens is 1. The van der Waals surface area contributed by atoms with Crippen molar-refractivity contribution in [3.8, 4) is 0 Å². The zero-order chi connectivity index (χ0) is 8.97. The zero-order valence-corrected chi connectivity index (χ0v) is 6.92. The third kappa shape index (κ3) is 1.82. The highest BCUT2D eigenvalue weighted by Crippen LogP contribution is 2.10. The molecule has 0 aliphatic heterocycles. The lowest BCUT2D eigenvalue weighted by molar-refractivity contribution is -0.114. The normalized spacial score (nSPS) is 9.83. The van der Waals surface area contributed by atoms with Crippen molar-refractivity contribution in [3.63, 3.8) is 0 Å². The van der Waals surface area contributed by atoms with E-state index >= 15 is 0 Å². The van der Waals surface area contributed by atoms with E-state index in [4.69, 9.17) is 5.73 Å². The molecule has 4 N–H and O–H groups in total. The van der Waals surface area contributed by atoms with Gasteiger partial charge in [-0.3, -0.25) is 9.89 Å². The van der Waals surface area contributed by atoms with Gasteiger partial charge in [-0.1, -0.05) is 6.92 Å². The van der Waals surface area contributed by atoms with E-state index in [1.807, 2.05) is 6.92 Å².